The van der Waals surface area contributed by atoms with E-state index in [0.717, 1.165) is 10.8 Å². The fraction of sp³-hybridized carbons (Fsp3) is 0.316. The highest BCUT2D eigenvalue weighted by molar-refractivity contribution is 6.00. The minimum Gasteiger partial charge on any atom is -0.496 e. The lowest BCUT2D eigenvalue weighted by molar-refractivity contribution is -0.125. The molecule has 2 aromatic carbocycles. The van der Waals surface area contributed by atoms with Crippen LogP contribution in [0.15, 0.2) is 41.4 Å². The number of hydrogen-bond acceptors (Lipinski definition) is 5. The van der Waals surface area contributed by atoms with E-state index in [1.165, 1.54) is 0 Å². The zero-order valence-electron chi connectivity index (χ0n) is 16.6. The Bertz CT molecular complexity index is 874. The third-order valence-electron chi connectivity index (χ3n) is 4.09. The molecular formula is C19H28Cl2N6O3. The molecule has 30 heavy (non-hydrogen) atoms. The molecule has 2 amide bonds. The average molecular weight is 459 g/mol. The molecule has 0 spiro atoms. The van der Waals surface area contributed by atoms with Crippen LogP contribution in [0.4, 0.5) is 5.69 Å². The number of guanidine groups is 1. The van der Waals surface area contributed by atoms with Crippen molar-refractivity contribution in [3.05, 3.63) is 36.4 Å². The Morgan fingerprint density at radius 1 is 1.17 bits per heavy atom. The second kappa shape index (κ2) is 13.5. The number of nitrogens with one attached hydrogen (secondary N) is 2. The largest absolute Gasteiger partial charge is 0.496 e. The van der Waals surface area contributed by atoms with Gasteiger partial charge >= 0.3 is 0 Å². The van der Waals surface area contributed by atoms with Gasteiger partial charge in [-0.15, -0.1) is 24.8 Å². The van der Waals surface area contributed by atoms with Crippen molar-refractivity contribution in [1.29, 1.82) is 0 Å². The lowest BCUT2D eigenvalue weighted by Gasteiger charge is -2.18. The summed E-state index contributed by atoms with van der Waals surface area (Å²) in [5.41, 5.74) is 16.5. The van der Waals surface area contributed by atoms with Crippen molar-refractivity contribution < 1.29 is 14.3 Å². The number of aliphatic imine (C=N–C) groups is 1. The molecule has 0 saturated carbocycles. The first-order valence-corrected chi connectivity index (χ1v) is 8.87. The summed E-state index contributed by atoms with van der Waals surface area (Å²) in [5, 5.41) is 7.31. The monoisotopic (exact) mass is 458 g/mol. The Hall–Kier alpha value is -2.75. The summed E-state index contributed by atoms with van der Waals surface area (Å²) in [4.78, 5) is 28.3. The molecule has 1 atom stereocenters. The summed E-state index contributed by atoms with van der Waals surface area (Å²) in [6, 6.07) is 10.5. The van der Waals surface area contributed by atoms with E-state index in [-0.39, 0.29) is 43.2 Å². The molecule has 0 aliphatic rings. The molecule has 0 aliphatic heterocycles. The van der Waals surface area contributed by atoms with E-state index >= 15 is 0 Å². The standard InChI is InChI=1S/C19H26N6O3.2ClH/c1-28-16-10-13(9-12-5-2-3-6-14(12)16)24-18(27)15(25-17(26)11-20)7-4-8-23-19(21)22;;/h2-3,5-6,9-10,15H,4,7-8,11,20H2,1H3,(H,24,27)(H,25,26)(H4,21,22,23);2*1H. The molecule has 0 heterocycles. The van der Waals surface area contributed by atoms with Crippen LogP contribution >= 0.6 is 24.8 Å². The quantitative estimate of drug-likeness (QED) is 0.215. The van der Waals surface area contributed by atoms with Gasteiger partial charge in [-0.05, 0) is 24.3 Å². The first kappa shape index (κ1) is 27.2. The lowest BCUT2D eigenvalue weighted by Crippen LogP contribution is -2.46. The summed E-state index contributed by atoms with van der Waals surface area (Å²) >= 11 is 0. The number of carbonyl (C=O) groups excluding carboxylic acids is 2. The Kier molecular flexibility index (Phi) is 12.2. The van der Waals surface area contributed by atoms with Gasteiger partial charge in [0.15, 0.2) is 5.96 Å². The number of nitrogens with two attached hydrogens (primary N) is 3. The topological polar surface area (TPSA) is 158 Å². The summed E-state index contributed by atoms with van der Waals surface area (Å²) < 4.78 is 5.42. The van der Waals surface area contributed by atoms with Gasteiger partial charge in [0.2, 0.25) is 11.8 Å². The molecule has 8 N–H and O–H groups in total. The number of carbonyl (C=O) groups is 2. The van der Waals surface area contributed by atoms with Gasteiger partial charge in [-0.2, -0.15) is 0 Å². The molecule has 9 nitrogen and oxygen atoms in total. The average Bonchev–Trinajstić information content (AvgIpc) is 2.69. The molecular weight excluding hydrogens is 431 g/mol. The summed E-state index contributed by atoms with van der Waals surface area (Å²) in [5.74, 6) is -0.152. The molecule has 0 fully saturated rings. The molecule has 166 valence electrons. The Morgan fingerprint density at radius 3 is 2.50 bits per heavy atom. The van der Waals surface area contributed by atoms with E-state index in [4.69, 9.17) is 21.9 Å². The third-order valence-corrected chi connectivity index (χ3v) is 4.09. The van der Waals surface area contributed by atoms with Crippen molar-refractivity contribution in [3.63, 3.8) is 0 Å². The molecule has 0 aromatic heterocycles. The minimum absolute atomic E-state index is 0. The number of hydrogen-bond donors (Lipinski definition) is 5. The summed E-state index contributed by atoms with van der Waals surface area (Å²) in [7, 11) is 1.57. The number of halogens is 2. The SMILES string of the molecule is COc1cc(NC(=O)C(CCCN=C(N)N)NC(=O)CN)cc2ccccc12.Cl.Cl. The highest BCUT2D eigenvalue weighted by atomic mass is 35.5. The maximum Gasteiger partial charge on any atom is 0.246 e. The molecule has 11 heteroatoms. The van der Waals surface area contributed by atoms with Crippen molar-refractivity contribution in [2.24, 2.45) is 22.2 Å². The van der Waals surface area contributed by atoms with E-state index in [1.807, 2.05) is 30.3 Å². The number of amides is 2. The highest BCUT2D eigenvalue weighted by Crippen LogP contribution is 2.29. The van der Waals surface area contributed by atoms with Gasteiger partial charge in [-0.1, -0.05) is 24.3 Å². The van der Waals surface area contributed by atoms with Crippen LogP contribution in [0.5, 0.6) is 5.75 Å². The van der Waals surface area contributed by atoms with Crippen LogP contribution < -0.4 is 32.6 Å². The second-order valence-electron chi connectivity index (χ2n) is 6.16. The summed E-state index contributed by atoms with van der Waals surface area (Å²) in [6.45, 7) is 0.149. The lowest BCUT2D eigenvalue weighted by atomic mass is 10.1. The number of fused-ring (bicyclic) bond motifs is 1. The maximum absolute atomic E-state index is 12.7. The molecule has 0 aliphatic carbocycles. The van der Waals surface area contributed by atoms with E-state index in [0.29, 0.717) is 30.8 Å². The van der Waals surface area contributed by atoms with Crippen LogP contribution in [0.1, 0.15) is 12.8 Å². The molecule has 2 rings (SSSR count). The fourth-order valence-electron chi connectivity index (χ4n) is 2.77. The Labute approximate surface area is 187 Å². The zero-order chi connectivity index (χ0) is 20.5. The fourth-order valence-corrected chi connectivity index (χ4v) is 2.77. The Balaban J connectivity index is 0.00000420. The smallest absolute Gasteiger partial charge is 0.246 e. The Morgan fingerprint density at radius 2 is 1.87 bits per heavy atom. The first-order valence-electron chi connectivity index (χ1n) is 8.87. The van der Waals surface area contributed by atoms with Crippen molar-refractivity contribution in [2.45, 2.75) is 18.9 Å². The molecule has 0 radical (unpaired) electrons. The predicted octanol–water partition coefficient (Wildman–Crippen LogP) is 1.13. The number of rotatable bonds is 9. The van der Waals surface area contributed by atoms with E-state index in [2.05, 4.69) is 15.6 Å². The molecule has 1 unspecified atom stereocenters. The van der Waals surface area contributed by atoms with Gasteiger partial charge in [0, 0.05) is 23.7 Å². The second-order valence-corrected chi connectivity index (χ2v) is 6.16. The number of nitrogens with zero attached hydrogens (tertiary/aromatic N) is 1. The normalized spacial score (nSPS) is 10.7. The summed E-state index contributed by atoms with van der Waals surface area (Å²) in [6.07, 6.45) is 0.876. The van der Waals surface area contributed by atoms with E-state index in [1.54, 1.807) is 13.2 Å². The van der Waals surface area contributed by atoms with Crippen LogP contribution in [0.2, 0.25) is 0 Å². The third kappa shape index (κ3) is 7.94. The number of methoxy groups -OCH3 is 1. The molecule has 0 bridgehead atoms. The highest BCUT2D eigenvalue weighted by Gasteiger charge is 2.20. The number of benzene rings is 2. The zero-order valence-corrected chi connectivity index (χ0v) is 18.2. The van der Waals surface area contributed by atoms with Crippen LogP contribution in [-0.4, -0.2) is 44.0 Å². The van der Waals surface area contributed by atoms with Gasteiger partial charge in [0.1, 0.15) is 11.8 Å². The van der Waals surface area contributed by atoms with Crippen molar-refractivity contribution in [2.75, 3.05) is 25.5 Å². The van der Waals surface area contributed by atoms with Crippen molar-refractivity contribution >= 4 is 59.0 Å². The maximum atomic E-state index is 12.7. The van der Waals surface area contributed by atoms with Crippen molar-refractivity contribution in [3.8, 4) is 5.75 Å². The first-order chi connectivity index (χ1) is 13.4. The molecule has 0 saturated heterocycles. The van der Waals surface area contributed by atoms with Gasteiger partial charge in [0.25, 0.3) is 0 Å². The van der Waals surface area contributed by atoms with Crippen LogP contribution in [0.25, 0.3) is 10.8 Å². The van der Waals surface area contributed by atoms with E-state index in [9.17, 15) is 9.59 Å². The minimum atomic E-state index is -0.761. The van der Waals surface area contributed by atoms with Gasteiger partial charge in [-0.3, -0.25) is 14.6 Å². The number of anilines is 1. The van der Waals surface area contributed by atoms with Crippen LogP contribution in [-0.2, 0) is 9.59 Å². The van der Waals surface area contributed by atoms with Gasteiger partial charge in [-0.25, -0.2) is 0 Å². The molecule has 2 aromatic rings. The van der Waals surface area contributed by atoms with Gasteiger partial charge in [0.05, 0.1) is 13.7 Å². The van der Waals surface area contributed by atoms with Crippen molar-refractivity contribution in [1.82, 2.24) is 5.32 Å². The van der Waals surface area contributed by atoms with Crippen LogP contribution in [0.3, 0.4) is 0 Å². The number of ether oxygens (including phenoxy) is 1. The van der Waals surface area contributed by atoms with Gasteiger partial charge < -0.3 is 32.6 Å². The predicted molar refractivity (Wildman–Crippen MR) is 125 cm³/mol. The van der Waals surface area contributed by atoms with E-state index < -0.39 is 11.9 Å². The van der Waals surface area contributed by atoms with Crippen LogP contribution in [0, 0.1) is 0 Å².